The van der Waals surface area contributed by atoms with E-state index in [9.17, 15) is 0 Å². The van der Waals surface area contributed by atoms with Crippen LogP contribution in [0.25, 0.3) is 0 Å². The van der Waals surface area contributed by atoms with Gasteiger partial charge in [0.25, 0.3) is 0 Å². The van der Waals surface area contributed by atoms with Gasteiger partial charge >= 0.3 is 0 Å². The van der Waals surface area contributed by atoms with Crippen LogP contribution in [-0.2, 0) is 18.4 Å². The molecule has 2 heteroatoms. The van der Waals surface area contributed by atoms with Gasteiger partial charge in [0.2, 0.25) is 0 Å². The highest BCUT2D eigenvalue weighted by Crippen LogP contribution is 2.57. The Bertz CT molecular complexity index is 888. The van der Waals surface area contributed by atoms with Crippen LogP contribution < -0.4 is 10.1 Å². The van der Waals surface area contributed by atoms with Crippen LogP contribution in [0.3, 0.4) is 0 Å². The number of para-hydroxylation sites is 1. The molecule has 162 valence electrons. The third-order valence-electron chi connectivity index (χ3n) is 8.20. The summed E-state index contributed by atoms with van der Waals surface area (Å²) in [5.41, 5.74) is 6.64. The van der Waals surface area contributed by atoms with Crippen molar-refractivity contribution in [3.63, 3.8) is 0 Å². The molecule has 1 fully saturated rings. The molecule has 3 atom stereocenters. The number of methoxy groups -OCH3 is 1. The molecule has 0 aliphatic heterocycles. The first-order valence-corrected chi connectivity index (χ1v) is 11.8. The fraction of sp³-hybridized carbons (Fsp3) is 0.571. The molecule has 0 radical (unpaired) electrons. The highest BCUT2D eigenvalue weighted by Gasteiger charge is 2.51. The number of hydrogen-bond donors (Lipinski definition) is 1. The molecule has 2 nitrogen and oxygen atoms in total. The molecule has 4 rings (SSSR count). The van der Waals surface area contributed by atoms with Gasteiger partial charge in [-0.15, -0.1) is 0 Å². The number of ether oxygens (including phenoxy) is 1. The van der Waals surface area contributed by atoms with Crippen molar-refractivity contribution in [2.75, 3.05) is 13.7 Å². The Balaban J connectivity index is 1.53. The minimum Gasteiger partial charge on any atom is -0.496 e. The number of nitrogens with one attached hydrogen (secondary N) is 1. The first-order valence-electron chi connectivity index (χ1n) is 11.8. The molecule has 0 unspecified atom stereocenters. The van der Waals surface area contributed by atoms with Crippen molar-refractivity contribution >= 4 is 0 Å². The van der Waals surface area contributed by atoms with Gasteiger partial charge in [0.1, 0.15) is 5.75 Å². The summed E-state index contributed by atoms with van der Waals surface area (Å²) in [6.45, 7) is 11.7. The zero-order valence-electron chi connectivity index (χ0n) is 19.6. The van der Waals surface area contributed by atoms with Crippen LogP contribution in [0.5, 0.6) is 5.75 Å². The predicted molar refractivity (Wildman–Crippen MR) is 126 cm³/mol. The third-order valence-corrected chi connectivity index (χ3v) is 8.20. The van der Waals surface area contributed by atoms with Crippen LogP contribution in [0, 0.1) is 11.3 Å². The maximum atomic E-state index is 5.54. The Hall–Kier alpha value is -1.80. The van der Waals surface area contributed by atoms with E-state index >= 15 is 0 Å². The molecule has 0 amide bonds. The van der Waals surface area contributed by atoms with E-state index in [4.69, 9.17) is 4.74 Å². The average molecular weight is 406 g/mol. The van der Waals surface area contributed by atoms with Crippen LogP contribution >= 0.6 is 0 Å². The predicted octanol–water partition coefficient (Wildman–Crippen LogP) is 6.62. The molecule has 1 N–H and O–H groups in total. The molecule has 2 aliphatic rings. The summed E-state index contributed by atoms with van der Waals surface area (Å²) in [5.74, 6) is 2.33. The average Bonchev–Trinajstić information content (AvgIpc) is 2.73. The number of rotatable bonds is 6. The van der Waals surface area contributed by atoms with Gasteiger partial charge in [0.15, 0.2) is 0 Å². The zero-order valence-corrected chi connectivity index (χ0v) is 19.6. The largest absolute Gasteiger partial charge is 0.496 e. The van der Waals surface area contributed by atoms with Gasteiger partial charge in [0.05, 0.1) is 7.11 Å². The van der Waals surface area contributed by atoms with E-state index in [-0.39, 0.29) is 0 Å². The maximum Gasteiger partial charge on any atom is 0.123 e. The van der Waals surface area contributed by atoms with Crippen molar-refractivity contribution in [3.05, 3.63) is 64.7 Å². The minimum absolute atomic E-state index is 0.308. The van der Waals surface area contributed by atoms with Crippen molar-refractivity contribution < 1.29 is 4.74 Å². The SMILES string of the molecule is COc1ccccc1CNC[C@]1(C)CCC[C@]2(C)c3ccc(C(C)C)cc3CC[C@H]12. The maximum absolute atomic E-state index is 5.54. The van der Waals surface area contributed by atoms with Gasteiger partial charge in [-0.25, -0.2) is 0 Å². The van der Waals surface area contributed by atoms with Crippen molar-refractivity contribution in [1.29, 1.82) is 0 Å². The second-order valence-corrected chi connectivity index (χ2v) is 10.5. The molecule has 2 aromatic rings. The lowest BCUT2D eigenvalue weighted by molar-refractivity contribution is 0.0256. The van der Waals surface area contributed by atoms with E-state index in [2.05, 4.69) is 69.4 Å². The number of fused-ring (bicyclic) bond motifs is 3. The van der Waals surface area contributed by atoms with Crippen molar-refractivity contribution in [1.82, 2.24) is 5.32 Å². The molecule has 0 aromatic heterocycles. The highest BCUT2D eigenvalue weighted by atomic mass is 16.5. The zero-order chi connectivity index (χ0) is 21.4. The lowest BCUT2D eigenvalue weighted by Gasteiger charge is -2.55. The molecule has 0 heterocycles. The Morgan fingerprint density at radius 3 is 2.67 bits per heavy atom. The van der Waals surface area contributed by atoms with E-state index in [1.807, 2.05) is 6.07 Å². The first-order chi connectivity index (χ1) is 14.4. The van der Waals surface area contributed by atoms with Gasteiger partial charge < -0.3 is 10.1 Å². The van der Waals surface area contributed by atoms with E-state index in [0.717, 1.165) is 24.8 Å². The van der Waals surface area contributed by atoms with Gasteiger partial charge in [-0.3, -0.25) is 0 Å². The quantitative estimate of drug-likeness (QED) is 0.583. The summed E-state index contributed by atoms with van der Waals surface area (Å²) in [6.07, 6.45) is 6.53. The van der Waals surface area contributed by atoms with Gasteiger partial charge in [-0.2, -0.15) is 0 Å². The lowest BCUT2D eigenvalue weighted by atomic mass is 9.49. The molecular formula is C28H39NO. The molecule has 0 bridgehead atoms. The fourth-order valence-electron chi connectivity index (χ4n) is 6.55. The van der Waals surface area contributed by atoms with Crippen molar-refractivity contribution in [2.45, 2.75) is 77.7 Å². The summed E-state index contributed by atoms with van der Waals surface area (Å²) in [4.78, 5) is 0. The smallest absolute Gasteiger partial charge is 0.123 e. The summed E-state index contributed by atoms with van der Waals surface area (Å²) in [7, 11) is 1.76. The number of aryl methyl sites for hydroxylation is 1. The van der Waals surface area contributed by atoms with Gasteiger partial charge in [-0.1, -0.05) is 70.5 Å². The van der Waals surface area contributed by atoms with Crippen LogP contribution in [0.15, 0.2) is 42.5 Å². The van der Waals surface area contributed by atoms with E-state index < -0.39 is 0 Å². The Morgan fingerprint density at radius 1 is 1.10 bits per heavy atom. The van der Waals surface area contributed by atoms with E-state index in [1.54, 1.807) is 18.2 Å². The van der Waals surface area contributed by atoms with Crippen LogP contribution in [0.2, 0.25) is 0 Å². The Kier molecular flexibility index (Phi) is 5.99. The molecule has 0 saturated heterocycles. The molecule has 2 aromatic carbocycles. The van der Waals surface area contributed by atoms with Crippen LogP contribution in [0.4, 0.5) is 0 Å². The minimum atomic E-state index is 0.308. The van der Waals surface area contributed by atoms with E-state index in [1.165, 1.54) is 43.2 Å². The second kappa shape index (κ2) is 8.38. The van der Waals surface area contributed by atoms with Crippen LogP contribution in [0.1, 0.15) is 81.5 Å². The number of benzene rings is 2. The topological polar surface area (TPSA) is 21.3 Å². The molecule has 1 saturated carbocycles. The van der Waals surface area contributed by atoms with Gasteiger partial charge in [-0.05, 0) is 71.1 Å². The summed E-state index contributed by atoms with van der Waals surface area (Å²) in [6, 6.07) is 15.7. The van der Waals surface area contributed by atoms with Crippen molar-refractivity contribution in [3.8, 4) is 5.75 Å². The first kappa shape index (κ1) is 21.4. The Labute approximate surface area is 183 Å². The molecule has 2 aliphatic carbocycles. The van der Waals surface area contributed by atoms with Crippen molar-refractivity contribution in [2.24, 2.45) is 11.3 Å². The summed E-state index contributed by atoms with van der Waals surface area (Å²) >= 11 is 0. The molecule has 0 spiro atoms. The second-order valence-electron chi connectivity index (χ2n) is 10.5. The molecular weight excluding hydrogens is 366 g/mol. The lowest BCUT2D eigenvalue weighted by Crippen LogP contribution is -2.52. The molecule has 30 heavy (non-hydrogen) atoms. The highest BCUT2D eigenvalue weighted by molar-refractivity contribution is 5.42. The normalized spacial score (nSPS) is 28.1. The summed E-state index contributed by atoms with van der Waals surface area (Å²) in [5, 5.41) is 3.80. The van der Waals surface area contributed by atoms with E-state index in [0.29, 0.717) is 16.7 Å². The summed E-state index contributed by atoms with van der Waals surface area (Å²) < 4.78 is 5.54. The van der Waals surface area contributed by atoms with Crippen LogP contribution in [-0.4, -0.2) is 13.7 Å². The Morgan fingerprint density at radius 2 is 1.90 bits per heavy atom. The number of hydrogen-bond acceptors (Lipinski definition) is 2. The standard InChI is InChI=1S/C28H39NO/c1-20(2)21-11-13-24-22(17-21)12-14-26-27(3,15-8-16-28(24,26)4)19-29-18-23-9-6-7-10-25(23)30-5/h6-7,9-11,13,17,20,26,29H,8,12,14-16,18-19H2,1-5H3/t26-,27+,28-/m1/s1. The third kappa shape index (κ3) is 3.80. The monoisotopic (exact) mass is 405 g/mol. The van der Waals surface area contributed by atoms with Gasteiger partial charge in [0, 0.05) is 18.7 Å². The fourth-order valence-corrected chi connectivity index (χ4v) is 6.55.